The lowest BCUT2D eigenvalue weighted by atomic mass is 9.80. The van der Waals surface area contributed by atoms with E-state index >= 15 is 0 Å². The molecule has 0 saturated heterocycles. The van der Waals surface area contributed by atoms with E-state index in [2.05, 4.69) is 158 Å². The topological polar surface area (TPSA) is 25.8 Å². The van der Waals surface area contributed by atoms with Gasteiger partial charge in [0, 0.05) is 32.6 Å². The fraction of sp³-hybridized carbons (Fsp3) is 0. The molecule has 56 heavy (non-hydrogen) atoms. The van der Waals surface area contributed by atoms with Gasteiger partial charge >= 0.3 is 0 Å². The molecule has 0 N–H and O–H groups in total. The zero-order valence-corrected chi connectivity index (χ0v) is 31.7. The molecule has 11 aromatic rings. The Morgan fingerprint density at radius 3 is 1.18 bits per heavy atom. The van der Waals surface area contributed by atoms with Crippen LogP contribution in [0.3, 0.4) is 0 Å². The largest absolute Gasteiger partial charge is 0.255 e. The number of rotatable bonds is 3. The fourth-order valence-corrected chi connectivity index (χ4v) is 11.2. The third-order valence-corrected chi connectivity index (χ3v) is 13.7. The molecule has 0 radical (unpaired) electrons. The van der Waals surface area contributed by atoms with E-state index in [0.717, 1.165) is 11.0 Å². The summed E-state index contributed by atoms with van der Waals surface area (Å²) in [5.74, 6) is 0. The molecule has 4 aromatic heterocycles. The van der Waals surface area contributed by atoms with Gasteiger partial charge in [0.25, 0.3) is 0 Å². The molecule has 7 aromatic carbocycles. The molecule has 12 rings (SSSR count). The van der Waals surface area contributed by atoms with Crippen LogP contribution in [0.25, 0.3) is 118 Å². The average molecular weight is 747 g/mol. The van der Waals surface area contributed by atoms with Crippen LogP contribution in [0.2, 0.25) is 0 Å². The van der Waals surface area contributed by atoms with E-state index in [1.807, 2.05) is 47.2 Å². The summed E-state index contributed by atoms with van der Waals surface area (Å²) in [5, 5.41) is 2.40. The third kappa shape index (κ3) is 4.80. The highest BCUT2D eigenvalue weighted by Crippen LogP contribution is 2.49. The van der Waals surface area contributed by atoms with Crippen LogP contribution in [0.5, 0.6) is 0 Å². The molecular weight excluding hydrogens is 717 g/mol. The maximum absolute atomic E-state index is 4.80. The third-order valence-electron chi connectivity index (χ3n) is 11.4. The van der Waals surface area contributed by atoms with Crippen molar-refractivity contribution in [1.29, 1.82) is 0 Å². The summed E-state index contributed by atoms with van der Waals surface area (Å²) in [6.07, 6.45) is 3.80. The van der Waals surface area contributed by atoms with Crippen LogP contribution in [0.1, 0.15) is 0 Å². The van der Waals surface area contributed by atoms with Gasteiger partial charge in [0.05, 0.1) is 20.4 Å². The SMILES string of the molecule is c1ccc2c(c1)-c1ccccc1-c1ccc(-c3cc(-c4cccc5c4sc4cccnc45)cc(-c4cccc5c4sc4cccnc45)c3)cc1-c1ccccc1-2. The highest BCUT2D eigenvalue weighted by atomic mass is 32.1. The highest BCUT2D eigenvalue weighted by molar-refractivity contribution is 7.26. The van der Waals surface area contributed by atoms with Crippen molar-refractivity contribution in [1.82, 2.24) is 9.97 Å². The van der Waals surface area contributed by atoms with Crippen molar-refractivity contribution in [3.05, 3.63) is 182 Å². The average Bonchev–Trinajstić information content (AvgIpc) is 3.84. The van der Waals surface area contributed by atoms with Gasteiger partial charge in [-0.1, -0.05) is 121 Å². The Balaban J connectivity index is 1.13. The minimum Gasteiger partial charge on any atom is -0.255 e. The van der Waals surface area contributed by atoms with Crippen LogP contribution >= 0.6 is 22.7 Å². The lowest BCUT2D eigenvalue weighted by Crippen LogP contribution is -1.97. The van der Waals surface area contributed by atoms with Gasteiger partial charge < -0.3 is 0 Å². The van der Waals surface area contributed by atoms with E-state index in [1.54, 1.807) is 0 Å². The highest BCUT2D eigenvalue weighted by Gasteiger charge is 2.23. The summed E-state index contributed by atoms with van der Waals surface area (Å²) in [4.78, 5) is 9.60. The van der Waals surface area contributed by atoms with E-state index < -0.39 is 0 Å². The molecule has 1 aliphatic rings. The number of benzene rings is 7. The molecule has 0 atom stereocenters. The normalized spacial score (nSPS) is 11.9. The van der Waals surface area contributed by atoms with Crippen LogP contribution in [0, 0.1) is 0 Å². The van der Waals surface area contributed by atoms with Crippen LogP contribution in [-0.2, 0) is 0 Å². The van der Waals surface area contributed by atoms with Gasteiger partial charge in [0.2, 0.25) is 0 Å². The maximum atomic E-state index is 4.80. The summed E-state index contributed by atoms with van der Waals surface area (Å²) in [5.41, 5.74) is 19.3. The van der Waals surface area contributed by atoms with Gasteiger partial charge in [-0.3, -0.25) is 9.97 Å². The number of nitrogens with zero attached hydrogens (tertiary/aromatic N) is 2. The van der Waals surface area contributed by atoms with Crippen molar-refractivity contribution in [2.75, 3.05) is 0 Å². The zero-order valence-electron chi connectivity index (χ0n) is 30.0. The summed E-state index contributed by atoms with van der Waals surface area (Å²) < 4.78 is 4.93. The summed E-state index contributed by atoms with van der Waals surface area (Å²) in [6, 6.07) is 62.6. The predicted molar refractivity (Wildman–Crippen MR) is 239 cm³/mol. The van der Waals surface area contributed by atoms with Gasteiger partial charge in [-0.2, -0.15) is 0 Å². The van der Waals surface area contributed by atoms with E-state index in [-0.39, 0.29) is 0 Å². The smallest absolute Gasteiger partial charge is 0.0888 e. The minimum absolute atomic E-state index is 1.07. The second-order valence-electron chi connectivity index (χ2n) is 14.5. The molecule has 0 fully saturated rings. The first-order valence-corrected chi connectivity index (χ1v) is 20.5. The monoisotopic (exact) mass is 746 g/mol. The Labute approximate surface area is 331 Å². The number of fused-ring (bicyclic) bond motifs is 14. The zero-order chi connectivity index (χ0) is 36.7. The Kier molecular flexibility index (Phi) is 7.00. The molecule has 0 saturated carbocycles. The lowest BCUT2D eigenvalue weighted by Gasteiger charge is -2.23. The first kappa shape index (κ1) is 31.6. The summed E-state index contributed by atoms with van der Waals surface area (Å²) in [7, 11) is 0. The number of pyridine rings is 2. The van der Waals surface area contributed by atoms with Crippen molar-refractivity contribution >= 4 is 63.3 Å². The van der Waals surface area contributed by atoms with Crippen LogP contribution in [-0.4, -0.2) is 9.97 Å². The molecule has 0 bridgehead atoms. The van der Waals surface area contributed by atoms with Crippen LogP contribution < -0.4 is 0 Å². The standard InChI is InChI=1S/C52H30N2S2/c1-2-12-38-37(11-1)39-13-3-4-15-41(39)43-24-23-31(30-46(43)42-16-6-5-14-40(38)42)32-27-33(35-17-7-19-44-49-47(55-51(35)44)21-9-25-53-49)29-34(28-32)36-18-8-20-45-50-48(56-52(36)45)22-10-26-54-50/h1-30H. The molecule has 0 aliphatic heterocycles. The molecule has 260 valence electrons. The van der Waals surface area contributed by atoms with Crippen molar-refractivity contribution < 1.29 is 0 Å². The first-order valence-electron chi connectivity index (χ1n) is 18.9. The summed E-state index contributed by atoms with van der Waals surface area (Å²) in [6.45, 7) is 0. The van der Waals surface area contributed by atoms with Crippen molar-refractivity contribution in [2.45, 2.75) is 0 Å². The first-order chi connectivity index (χ1) is 27.8. The van der Waals surface area contributed by atoms with E-state index in [0.29, 0.717) is 0 Å². The molecule has 4 heteroatoms. The van der Waals surface area contributed by atoms with Crippen molar-refractivity contribution in [3.63, 3.8) is 0 Å². The quantitative estimate of drug-likeness (QED) is 0.180. The maximum Gasteiger partial charge on any atom is 0.0888 e. The van der Waals surface area contributed by atoms with Crippen molar-refractivity contribution in [2.24, 2.45) is 0 Å². The molecule has 0 spiro atoms. The number of hydrogen-bond acceptors (Lipinski definition) is 4. The van der Waals surface area contributed by atoms with Crippen LogP contribution in [0.15, 0.2) is 182 Å². The van der Waals surface area contributed by atoms with Gasteiger partial charge in [-0.15, -0.1) is 22.7 Å². The molecule has 4 heterocycles. The number of thiophene rings is 2. The van der Waals surface area contributed by atoms with Gasteiger partial charge in [-0.05, 0) is 126 Å². The number of aromatic nitrogens is 2. The fourth-order valence-electron chi connectivity index (χ4n) is 8.84. The van der Waals surface area contributed by atoms with Crippen LogP contribution in [0.4, 0.5) is 0 Å². The van der Waals surface area contributed by atoms with E-state index in [4.69, 9.17) is 9.97 Å². The van der Waals surface area contributed by atoms with Crippen molar-refractivity contribution in [3.8, 4) is 77.9 Å². The Bertz CT molecular complexity index is 3250. The molecular formula is C52H30N2S2. The molecule has 1 aliphatic carbocycles. The molecule has 2 nitrogen and oxygen atoms in total. The Hall–Kier alpha value is -6.72. The minimum atomic E-state index is 1.07. The molecule has 0 amide bonds. The Morgan fingerprint density at radius 1 is 0.286 bits per heavy atom. The van der Waals surface area contributed by atoms with E-state index in [1.165, 1.54) is 107 Å². The second kappa shape index (κ2) is 12.4. The van der Waals surface area contributed by atoms with Gasteiger partial charge in [0.1, 0.15) is 0 Å². The molecule has 0 unspecified atom stereocenters. The van der Waals surface area contributed by atoms with E-state index in [9.17, 15) is 0 Å². The summed E-state index contributed by atoms with van der Waals surface area (Å²) >= 11 is 3.65. The van der Waals surface area contributed by atoms with Gasteiger partial charge in [-0.25, -0.2) is 0 Å². The predicted octanol–water partition coefficient (Wildman–Crippen LogP) is 15.2. The Morgan fingerprint density at radius 2 is 0.696 bits per heavy atom. The second-order valence-corrected chi connectivity index (χ2v) is 16.6. The lowest BCUT2D eigenvalue weighted by molar-refractivity contribution is 1.44. The number of hydrogen-bond donors (Lipinski definition) is 0. The van der Waals surface area contributed by atoms with Gasteiger partial charge in [0.15, 0.2) is 0 Å².